The van der Waals surface area contributed by atoms with Crippen LogP contribution >= 0.6 is 27.7 Å². The number of amides is 1. The van der Waals surface area contributed by atoms with Crippen LogP contribution in [0.1, 0.15) is 29.8 Å². The van der Waals surface area contributed by atoms with E-state index in [2.05, 4.69) is 28.2 Å². The highest BCUT2D eigenvalue weighted by molar-refractivity contribution is 9.10. The molecule has 94 valence electrons. The molecule has 1 N–H and O–H groups in total. The molecule has 1 atom stereocenters. The van der Waals surface area contributed by atoms with Crippen molar-refractivity contribution < 1.29 is 4.79 Å². The van der Waals surface area contributed by atoms with E-state index in [0.29, 0.717) is 0 Å². The maximum atomic E-state index is 12.1. The van der Waals surface area contributed by atoms with Crippen molar-refractivity contribution in [2.45, 2.75) is 26.8 Å². The van der Waals surface area contributed by atoms with E-state index in [1.54, 1.807) is 0 Å². The summed E-state index contributed by atoms with van der Waals surface area (Å²) in [6.45, 7) is 6.11. The summed E-state index contributed by atoms with van der Waals surface area (Å²) in [6.07, 6.45) is 0. The second kappa shape index (κ2) is 7.07. The largest absolute Gasteiger partial charge is 0.349 e. The van der Waals surface area contributed by atoms with Gasteiger partial charge in [-0.3, -0.25) is 4.79 Å². The molecular weight excluding hydrogens is 298 g/mol. The molecule has 0 radical (unpaired) electrons. The normalized spacial score (nSPS) is 12.2. The fourth-order valence-electron chi connectivity index (χ4n) is 1.48. The Kier molecular flexibility index (Phi) is 6.06. The Labute approximate surface area is 116 Å². The van der Waals surface area contributed by atoms with Gasteiger partial charge in [0.25, 0.3) is 5.91 Å². The number of halogens is 1. The zero-order chi connectivity index (χ0) is 12.8. The lowest BCUT2D eigenvalue weighted by atomic mass is 10.1. The maximum Gasteiger partial charge on any atom is 0.251 e. The molecule has 0 spiro atoms. The molecular formula is C13H18BrNOS. The number of hydrogen-bond donors (Lipinski definition) is 1. The minimum atomic E-state index is 0.00741. The summed E-state index contributed by atoms with van der Waals surface area (Å²) < 4.78 is 0.934. The lowest BCUT2D eigenvalue weighted by Gasteiger charge is -2.14. The van der Waals surface area contributed by atoms with Gasteiger partial charge in [0, 0.05) is 21.8 Å². The molecule has 1 aromatic rings. The van der Waals surface area contributed by atoms with E-state index in [1.165, 1.54) is 0 Å². The van der Waals surface area contributed by atoms with E-state index in [-0.39, 0.29) is 11.9 Å². The van der Waals surface area contributed by atoms with Crippen molar-refractivity contribution in [3.8, 4) is 0 Å². The second-order valence-corrected chi connectivity index (χ2v) is 6.23. The van der Waals surface area contributed by atoms with Crippen LogP contribution in [0.4, 0.5) is 0 Å². The Morgan fingerprint density at radius 3 is 2.88 bits per heavy atom. The van der Waals surface area contributed by atoms with Crippen LogP contribution in [0.15, 0.2) is 22.7 Å². The predicted molar refractivity (Wildman–Crippen MR) is 78.8 cm³/mol. The van der Waals surface area contributed by atoms with Crippen molar-refractivity contribution in [1.29, 1.82) is 0 Å². The number of nitrogens with one attached hydrogen (secondary N) is 1. The highest BCUT2D eigenvalue weighted by Crippen LogP contribution is 2.16. The maximum absolute atomic E-state index is 12.1. The Bertz CT molecular complexity index is 395. The number of carbonyl (C=O) groups is 1. The van der Waals surface area contributed by atoms with E-state index in [9.17, 15) is 4.79 Å². The molecule has 4 heteroatoms. The van der Waals surface area contributed by atoms with Crippen LogP contribution < -0.4 is 5.32 Å². The van der Waals surface area contributed by atoms with Crippen molar-refractivity contribution in [3.05, 3.63) is 33.8 Å². The zero-order valence-corrected chi connectivity index (χ0v) is 12.8. The van der Waals surface area contributed by atoms with E-state index in [0.717, 1.165) is 27.1 Å². The molecule has 0 aromatic heterocycles. The van der Waals surface area contributed by atoms with E-state index in [4.69, 9.17) is 0 Å². The molecule has 2 nitrogen and oxygen atoms in total. The summed E-state index contributed by atoms with van der Waals surface area (Å²) in [4.78, 5) is 12.1. The number of thioether (sulfide) groups is 1. The predicted octanol–water partition coefficient (Wildman–Crippen LogP) is 3.63. The summed E-state index contributed by atoms with van der Waals surface area (Å²) in [5.74, 6) is 2.04. The van der Waals surface area contributed by atoms with Crippen molar-refractivity contribution in [2.24, 2.45) is 0 Å². The average Bonchev–Trinajstić information content (AvgIpc) is 2.29. The van der Waals surface area contributed by atoms with Crippen LogP contribution in [0.2, 0.25) is 0 Å². The van der Waals surface area contributed by atoms with Crippen LogP contribution in [-0.4, -0.2) is 23.5 Å². The third-order valence-electron chi connectivity index (χ3n) is 2.39. The molecule has 0 aliphatic carbocycles. The number of hydrogen-bond acceptors (Lipinski definition) is 2. The Hall–Kier alpha value is -0.480. The molecule has 0 aliphatic heterocycles. The third-order valence-corrected chi connectivity index (χ3v) is 4.03. The van der Waals surface area contributed by atoms with Crippen molar-refractivity contribution in [2.75, 3.05) is 11.5 Å². The first kappa shape index (κ1) is 14.6. The number of rotatable bonds is 5. The highest BCUT2D eigenvalue weighted by Gasteiger charge is 2.12. The van der Waals surface area contributed by atoms with Gasteiger partial charge in [0.1, 0.15) is 0 Å². The van der Waals surface area contributed by atoms with Gasteiger partial charge in [-0.1, -0.05) is 28.9 Å². The summed E-state index contributed by atoms with van der Waals surface area (Å²) in [5, 5.41) is 3.02. The first-order valence-electron chi connectivity index (χ1n) is 5.69. The topological polar surface area (TPSA) is 29.1 Å². The molecule has 0 saturated heterocycles. The quantitative estimate of drug-likeness (QED) is 0.899. The molecule has 17 heavy (non-hydrogen) atoms. The summed E-state index contributed by atoms with van der Waals surface area (Å²) >= 11 is 5.23. The fourth-order valence-corrected chi connectivity index (χ4v) is 2.51. The van der Waals surface area contributed by atoms with Gasteiger partial charge in [0.15, 0.2) is 0 Å². The average molecular weight is 316 g/mol. The molecule has 0 saturated carbocycles. The summed E-state index contributed by atoms with van der Waals surface area (Å²) in [6, 6.07) is 5.96. The number of benzene rings is 1. The zero-order valence-electron chi connectivity index (χ0n) is 10.4. The first-order valence-corrected chi connectivity index (χ1v) is 7.64. The van der Waals surface area contributed by atoms with E-state index >= 15 is 0 Å². The van der Waals surface area contributed by atoms with Crippen molar-refractivity contribution in [3.63, 3.8) is 0 Å². The van der Waals surface area contributed by atoms with Gasteiger partial charge in [-0.15, -0.1) is 0 Å². The molecule has 0 aliphatic rings. The highest BCUT2D eigenvalue weighted by atomic mass is 79.9. The van der Waals surface area contributed by atoms with Crippen LogP contribution in [0.5, 0.6) is 0 Å². The second-order valence-electron chi connectivity index (χ2n) is 3.99. The van der Waals surface area contributed by atoms with Crippen molar-refractivity contribution in [1.82, 2.24) is 5.32 Å². The SMILES string of the molecule is CCSCC(C)NC(=O)c1cc(Br)ccc1C. The van der Waals surface area contributed by atoms with Gasteiger partial charge < -0.3 is 5.32 Å². The standard InChI is InChI=1S/C13H18BrNOS/c1-4-17-8-10(3)15-13(16)12-7-11(14)6-5-9(12)2/h5-7,10H,4,8H2,1-3H3,(H,15,16). The molecule has 0 bridgehead atoms. The van der Waals surface area contributed by atoms with Gasteiger partial charge in [0.05, 0.1) is 0 Å². The minimum Gasteiger partial charge on any atom is -0.349 e. The van der Waals surface area contributed by atoms with Crippen LogP contribution in [0.3, 0.4) is 0 Å². The lowest BCUT2D eigenvalue weighted by molar-refractivity contribution is 0.0943. The Morgan fingerprint density at radius 1 is 1.53 bits per heavy atom. The fraction of sp³-hybridized carbons (Fsp3) is 0.462. The van der Waals surface area contributed by atoms with Crippen LogP contribution in [0.25, 0.3) is 0 Å². The molecule has 1 unspecified atom stereocenters. The summed E-state index contributed by atoms with van der Waals surface area (Å²) in [7, 11) is 0. The van der Waals surface area contributed by atoms with E-state index < -0.39 is 0 Å². The van der Waals surface area contributed by atoms with Gasteiger partial charge in [-0.05, 0) is 37.3 Å². The van der Waals surface area contributed by atoms with Gasteiger partial charge in [-0.2, -0.15) is 11.8 Å². The first-order chi connectivity index (χ1) is 8.04. The Balaban J connectivity index is 2.66. The minimum absolute atomic E-state index is 0.00741. The molecule has 1 rings (SSSR count). The Morgan fingerprint density at radius 2 is 2.24 bits per heavy atom. The van der Waals surface area contributed by atoms with E-state index in [1.807, 2.05) is 43.8 Å². The van der Waals surface area contributed by atoms with Gasteiger partial charge >= 0.3 is 0 Å². The van der Waals surface area contributed by atoms with Crippen molar-refractivity contribution >= 4 is 33.6 Å². The number of aryl methyl sites for hydroxylation is 1. The van der Waals surface area contributed by atoms with Crippen LogP contribution in [-0.2, 0) is 0 Å². The molecule has 0 fully saturated rings. The van der Waals surface area contributed by atoms with Gasteiger partial charge in [0.2, 0.25) is 0 Å². The molecule has 1 aromatic carbocycles. The smallest absolute Gasteiger partial charge is 0.251 e. The third kappa shape index (κ3) is 4.72. The lowest BCUT2D eigenvalue weighted by Crippen LogP contribution is -2.34. The number of carbonyl (C=O) groups excluding carboxylic acids is 1. The van der Waals surface area contributed by atoms with Crippen LogP contribution in [0, 0.1) is 6.92 Å². The monoisotopic (exact) mass is 315 g/mol. The summed E-state index contributed by atoms with van der Waals surface area (Å²) in [5.41, 5.74) is 1.74. The molecule has 1 amide bonds. The van der Waals surface area contributed by atoms with Gasteiger partial charge in [-0.25, -0.2) is 0 Å². The molecule has 0 heterocycles.